The molecule has 0 radical (unpaired) electrons. The van der Waals surface area contributed by atoms with Crippen LogP contribution in [0.5, 0.6) is 0 Å². The topological polar surface area (TPSA) is 72.3 Å². The monoisotopic (exact) mass is 320 g/mol. The molecule has 3 heteroatoms. The van der Waals surface area contributed by atoms with Crippen molar-refractivity contribution in [2.75, 3.05) is 0 Å². The summed E-state index contributed by atoms with van der Waals surface area (Å²) in [6, 6.07) is 23.7. The Bertz CT molecular complexity index is 796. The van der Waals surface area contributed by atoms with E-state index in [9.17, 15) is 5.11 Å². The zero-order valence-corrected chi connectivity index (χ0v) is 13.8. The molecular weight excluding hydrogens is 296 g/mol. The van der Waals surface area contributed by atoms with Crippen LogP contribution in [0.2, 0.25) is 0 Å². The Morgan fingerprint density at radius 2 is 1.42 bits per heavy atom. The van der Waals surface area contributed by atoms with Crippen LogP contribution in [-0.4, -0.2) is 23.3 Å². The smallest absolute Gasteiger partial charge is 0.0848 e. The molecular formula is C21H24N2O. The van der Waals surface area contributed by atoms with Crippen molar-refractivity contribution in [3.05, 3.63) is 83.9 Å². The van der Waals surface area contributed by atoms with Crippen LogP contribution >= 0.6 is 0 Å². The second kappa shape index (κ2) is 7.14. The van der Waals surface area contributed by atoms with E-state index in [1.165, 1.54) is 5.39 Å². The van der Waals surface area contributed by atoms with Gasteiger partial charge in [0.25, 0.3) is 0 Å². The Balaban J connectivity index is 2.17. The van der Waals surface area contributed by atoms with Crippen molar-refractivity contribution in [1.29, 1.82) is 0 Å². The molecule has 0 spiro atoms. The lowest BCUT2D eigenvalue weighted by molar-refractivity contribution is 0.116. The highest BCUT2D eigenvalue weighted by molar-refractivity contribution is 5.86. The summed E-state index contributed by atoms with van der Waals surface area (Å²) in [5, 5.41) is 12.8. The molecule has 0 saturated carbocycles. The van der Waals surface area contributed by atoms with Crippen molar-refractivity contribution in [3.63, 3.8) is 0 Å². The Hall–Kier alpha value is -2.20. The predicted molar refractivity (Wildman–Crippen MR) is 99.9 cm³/mol. The van der Waals surface area contributed by atoms with Crippen LogP contribution in [-0.2, 0) is 0 Å². The lowest BCUT2D eigenvalue weighted by atomic mass is 9.80. The van der Waals surface area contributed by atoms with Gasteiger partial charge in [-0.3, -0.25) is 0 Å². The quantitative estimate of drug-likeness (QED) is 0.676. The molecule has 0 aromatic heterocycles. The number of aliphatic hydroxyl groups is 1. The third-order valence-corrected chi connectivity index (χ3v) is 4.64. The number of benzene rings is 3. The Morgan fingerprint density at radius 1 is 0.792 bits per heavy atom. The van der Waals surface area contributed by atoms with Crippen molar-refractivity contribution in [3.8, 4) is 0 Å². The second-order valence-electron chi connectivity index (χ2n) is 6.38. The average molecular weight is 320 g/mol. The fourth-order valence-electron chi connectivity index (χ4n) is 3.34. The largest absolute Gasteiger partial charge is 0.390 e. The van der Waals surface area contributed by atoms with E-state index in [1.54, 1.807) is 6.92 Å². The number of aliphatic hydroxyl groups excluding tert-OH is 1. The molecule has 24 heavy (non-hydrogen) atoms. The van der Waals surface area contributed by atoms with E-state index in [-0.39, 0.29) is 12.0 Å². The van der Waals surface area contributed by atoms with Crippen molar-refractivity contribution in [2.45, 2.75) is 31.0 Å². The van der Waals surface area contributed by atoms with Gasteiger partial charge in [-0.25, -0.2) is 0 Å². The van der Waals surface area contributed by atoms with Crippen LogP contribution in [0.1, 0.15) is 24.0 Å². The fourth-order valence-corrected chi connectivity index (χ4v) is 3.34. The molecule has 0 unspecified atom stereocenters. The van der Waals surface area contributed by atoms with Crippen LogP contribution in [0.4, 0.5) is 0 Å². The zero-order valence-electron chi connectivity index (χ0n) is 13.8. The molecule has 4 atom stereocenters. The first kappa shape index (κ1) is 16.7. The average Bonchev–Trinajstić information content (AvgIpc) is 2.62. The van der Waals surface area contributed by atoms with Gasteiger partial charge in [-0.05, 0) is 28.8 Å². The predicted octanol–water partition coefficient (Wildman–Crippen LogP) is 3.01. The molecule has 0 aliphatic rings. The Labute approximate surface area is 142 Å². The van der Waals surface area contributed by atoms with Gasteiger partial charge < -0.3 is 16.6 Å². The second-order valence-corrected chi connectivity index (χ2v) is 6.38. The fraction of sp³-hybridized carbons (Fsp3) is 0.238. The van der Waals surface area contributed by atoms with Gasteiger partial charge in [0.1, 0.15) is 0 Å². The van der Waals surface area contributed by atoms with E-state index < -0.39 is 12.1 Å². The van der Waals surface area contributed by atoms with Gasteiger partial charge in [0.05, 0.1) is 6.10 Å². The van der Waals surface area contributed by atoms with Gasteiger partial charge in [-0.1, -0.05) is 72.8 Å². The summed E-state index contributed by atoms with van der Waals surface area (Å²) in [7, 11) is 0. The molecule has 3 aromatic carbocycles. The number of nitrogens with two attached hydrogens (primary N) is 2. The van der Waals surface area contributed by atoms with Crippen LogP contribution in [0.15, 0.2) is 72.8 Å². The molecule has 3 nitrogen and oxygen atoms in total. The van der Waals surface area contributed by atoms with Gasteiger partial charge in [0, 0.05) is 18.0 Å². The highest BCUT2D eigenvalue weighted by Gasteiger charge is 2.30. The molecule has 0 aliphatic carbocycles. The van der Waals surface area contributed by atoms with Crippen LogP contribution in [0, 0.1) is 0 Å². The van der Waals surface area contributed by atoms with Gasteiger partial charge in [0.2, 0.25) is 0 Å². The summed E-state index contributed by atoms with van der Waals surface area (Å²) in [4.78, 5) is 0. The molecule has 0 aliphatic heterocycles. The highest BCUT2D eigenvalue weighted by Crippen LogP contribution is 2.34. The van der Waals surface area contributed by atoms with E-state index in [4.69, 9.17) is 11.5 Å². The van der Waals surface area contributed by atoms with Gasteiger partial charge in [0.15, 0.2) is 0 Å². The maximum Gasteiger partial charge on any atom is 0.0848 e. The molecule has 0 heterocycles. The van der Waals surface area contributed by atoms with Crippen molar-refractivity contribution in [1.82, 2.24) is 0 Å². The Morgan fingerprint density at radius 3 is 2.12 bits per heavy atom. The van der Waals surface area contributed by atoms with Crippen molar-refractivity contribution >= 4 is 10.8 Å². The number of hydrogen-bond acceptors (Lipinski definition) is 3. The van der Waals surface area contributed by atoms with Gasteiger partial charge >= 0.3 is 0 Å². The molecule has 3 aromatic rings. The third kappa shape index (κ3) is 3.20. The first-order valence-electron chi connectivity index (χ1n) is 8.31. The summed E-state index contributed by atoms with van der Waals surface area (Å²) >= 11 is 0. The van der Waals surface area contributed by atoms with Crippen LogP contribution in [0.3, 0.4) is 0 Å². The molecule has 3 rings (SSSR count). The van der Waals surface area contributed by atoms with Crippen molar-refractivity contribution < 1.29 is 5.11 Å². The summed E-state index contributed by atoms with van der Waals surface area (Å²) in [5.41, 5.74) is 14.6. The van der Waals surface area contributed by atoms with E-state index in [0.29, 0.717) is 0 Å². The minimum Gasteiger partial charge on any atom is -0.390 e. The normalized spacial score (nSPS) is 16.5. The molecule has 0 amide bonds. The standard InChI is InChI=1S/C21H24N2O/c1-14(22)21(24)20(23)19(16-9-3-2-4-10-16)18-13-7-11-15-8-5-6-12-17(15)18/h2-14,19-21,24H,22-23H2,1H3/t14-,19-,20-,21-/m1/s1. The van der Waals surface area contributed by atoms with Gasteiger partial charge in [-0.15, -0.1) is 0 Å². The summed E-state index contributed by atoms with van der Waals surface area (Å²) in [6.07, 6.45) is -0.783. The molecule has 124 valence electrons. The number of rotatable bonds is 5. The van der Waals surface area contributed by atoms with E-state index in [0.717, 1.165) is 16.5 Å². The Kier molecular flexibility index (Phi) is 4.95. The summed E-state index contributed by atoms with van der Waals surface area (Å²) < 4.78 is 0. The summed E-state index contributed by atoms with van der Waals surface area (Å²) in [5.74, 6) is -0.127. The lowest BCUT2D eigenvalue weighted by Crippen LogP contribution is -2.49. The van der Waals surface area contributed by atoms with E-state index in [2.05, 4.69) is 36.4 Å². The minimum absolute atomic E-state index is 0.127. The minimum atomic E-state index is -0.783. The lowest BCUT2D eigenvalue weighted by Gasteiger charge is -2.31. The first-order valence-corrected chi connectivity index (χ1v) is 8.31. The molecule has 0 bridgehead atoms. The van der Waals surface area contributed by atoms with Crippen LogP contribution < -0.4 is 11.5 Å². The van der Waals surface area contributed by atoms with E-state index >= 15 is 0 Å². The van der Waals surface area contributed by atoms with E-state index in [1.807, 2.05) is 36.4 Å². The van der Waals surface area contributed by atoms with Crippen LogP contribution in [0.25, 0.3) is 10.8 Å². The number of hydrogen-bond donors (Lipinski definition) is 3. The molecule has 5 N–H and O–H groups in total. The SMILES string of the molecule is C[C@@H](N)[C@@H](O)[C@H](N)[C@H](c1ccccc1)c1cccc2ccccc12. The first-order chi connectivity index (χ1) is 11.6. The zero-order chi connectivity index (χ0) is 17.1. The maximum atomic E-state index is 10.5. The molecule has 0 fully saturated rings. The maximum absolute atomic E-state index is 10.5. The highest BCUT2D eigenvalue weighted by atomic mass is 16.3. The van der Waals surface area contributed by atoms with Gasteiger partial charge in [-0.2, -0.15) is 0 Å². The molecule has 0 saturated heterocycles. The van der Waals surface area contributed by atoms with Crippen molar-refractivity contribution in [2.24, 2.45) is 11.5 Å². The number of fused-ring (bicyclic) bond motifs is 1. The summed E-state index contributed by atoms with van der Waals surface area (Å²) in [6.45, 7) is 1.79. The third-order valence-electron chi connectivity index (χ3n) is 4.64.